The Kier molecular flexibility index (Phi) is 2.54. The van der Waals surface area contributed by atoms with Crippen molar-refractivity contribution in [1.82, 2.24) is 0 Å². The van der Waals surface area contributed by atoms with Crippen molar-refractivity contribution in [1.29, 1.82) is 0 Å². The van der Waals surface area contributed by atoms with Gasteiger partial charge < -0.3 is 5.11 Å². The van der Waals surface area contributed by atoms with Crippen molar-refractivity contribution in [3.8, 4) is 0 Å². The lowest BCUT2D eigenvalue weighted by Gasteiger charge is -2.00. The van der Waals surface area contributed by atoms with E-state index in [1.807, 2.05) is 6.92 Å². The van der Waals surface area contributed by atoms with Crippen LogP contribution >= 0.6 is 11.8 Å². The second-order valence-electron chi connectivity index (χ2n) is 2.78. The first-order valence-electron chi connectivity index (χ1n) is 3.52. The van der Waals surface area contributed by atoms with E-state index in [2.05, 4.69) is 0 Å². The fourth-order valence-corrected chi connectivity index (χ4v) is 2.31. The van der Waals surface area contributed by atoms with E-state index in [0.717, 1.165) is 6.42 Å². The average molecular weight is 174 g/mol. The third-order valence-corrected chi connectivity index (χ3v) is 2.85. The van der Waals surface area contributed by atoms with Gasteiger partial charge in [0.2, 0.25) is 0 Å². The van der Waals surface area contributed by atoms with Crippen LogP contribution in [0.2, 0.25) is 0 Å². The Morgan fingerprint density at radius 3 is 2.82 bits per heavy atom. The quantitative estimate of drug-likeness (QED) is 0.681. The number of thioether (sulfide) groups is 1. The molecule has 3 nitrogen and oxygen atoms in total. The zero-order chi connectivity index (χ0) is 8.43. The number of hydrogen-bond donors (Lipinski definition) is 1. The van der Waals surface area contributed by atoms with Gasteiger partial charge in [0.25, 0.3) is 0 Å². The summed E-state index contributed by atoms with van der Waals surface area (Å²) in [6.45, 7) is 1.95. The first-order valence-corrected chi connectivity index (χ1v) is 4.40. The van der Waals surface area contributed by atoms with Crippen molar-refractivity contribution >= 4 is 22.8 Å². The molecule has 1 aliphatic heterocycles. The van der Waals surface area contributed by atoms with Gasteiger partial charge in [-0.2, -0.15) is 0 Å². The SMILES string of the molecule is CC1CC(CC(=O)O)C(=O)S1. The van der Waals surface area contributed by atoms with Crippen LogP contribution in [-0.4, -0.2) is 21.4 Å². The van der Waals surface area contributed by atoms with E-state index in [9.17, 15) is 9.59 Å². The highest BCUT2D eigenvalue weighted by Gasteiger charge is 2.32. The smallest absolute Gasteiger partial charge is 0.304 e. The molecular formula is C7H10O3S. The van der Waals surface area contributed by atoms with E-state index in [0.29, 0.717) is 5.25 Å². The maximum Gasteiger partial charge on any atom is 0.304 e. The van der Waals surface area contributed by atoms with E-state index < -0.39 is 5.97 Å². The van der Waals surface area contributed by atoms with Crippen molar-refractivity contribution < 1.29 is 14.7 Å². The summed E-state index contributed by atoms with van der Waals surface area (Å²) in [4.78, 5) is 21.3. The van der Waals surface area contributed by atoms with E-state index in [1.165, 1.54) is 11.8 Å². The molecule has 1 rings (SSSR count). The summed E-state index contributed by atoms with van der Waals surface area (Å²) in [5, 5.41) is 8.76. The Balaban J connectivity index is 2.47. The molecule has 0 radical (unpaired) electrons. The fraction of sp³-hybridized carbons (Fsp3) is 0.714. The number of aliphatic carboxylic acids is 1. The third-order valence-electron chi connectivity index (χ3n) is 1.69. The van der Waals surface area contributed by atoms with Crippen molar-refractivity contribution in [3.05, 3.63) is 0 Å². The van der Waals surface area contributed by atoms with Gasteiger partial charge in [0.1, 0.15) is 0 Å². The Morgan fingerprint density at radius 1 is 1.82 bits per heavy atom. The van der Waals surface area contributed by atoms with E-state index in [4.69, 9.17) is 5.11 Å². The molecule has 0 amide bonds. The topological polar surface area (TPSA) is 54.4 Å². The molecule has 0 aromatic rings. The zero-order valence-corrected chi connectivity index (χ0v) is 7.06. The van der Waals surface area contributed by atoms with Gasteiger partial charge in [0, 0.05) is 11.2 Å². The summed E-state index contributed by atoms with van der Waals surface area (Å²) in [6, 6.07) is 0. The molecule has 1 aliphatic rings. The number of carbonyl (C=O) groups excluding carboxylic acids is 1. The Hall–Kier alpha value is -0.510. The number of carboxylic acids is 1. The van der Waals surface area contributed by atoms with Gasteiger partial charge >= 0.3 is 5.97 Å². The Bertz CT molecular complexity index is 190. The van der Waals surface area contributed by atoms with Gasteiger partial charge in [-0.05, 0) is 6.42 Å². The highest BCUT2D eigenvalue weighted by molar-refractivity contribution is 8.14. The van der Waals surface area contributed by atoms with Crippen LogP contribution < -0.4 is 0 Å². The number of hydrogen-bond acceptors (Lipinski definition) is 3. The molecule has 4 heteroatoms. The van der Waals surface area contributed by atoms with Crippen LogP contribution in [0, 0.1) is 5.92 Å². The van der Waals surface area contributed by atoms with Crippen LogP contribution in [-0.2, 0) is 9.59 Å². The minimum atomic E-state index is -0.877. The molecule has 0 aromatic carbocycles. The van der Waals surface area contributed by atoms with E-state index >= 15 is 0 Å². The van der Waals surface area contributed by atoms with Crippen molar-refractivity contribution in [2.24, 2.45) is 5.92 Å². The predicted molar refractivity (Wildman–Crippen MR) is 42.4 cm³/mol. The molecule has 0 spiro atoms. The Morgan fingerprint density at radius 2 is 2.45 bits per heavy atom. The molecule has 0 bridgehead atoms. The molecule has 1 heterocycles. The lowest BCUT2D eigenvalue weighted by Crippen LogP contribution is -2.10. The van der Waals surface area contributed by atoms with Crippen LogP contribution in [0.3, 0.4) is 0 Å². The number of carbonyl (C=O) groups is 2. The van der Waals surface area contributed by atoms with Gasteiger partial charge in [-0.3, -0.25) is 9.59 Å². The largest absolute Gasteiger partial charge is 0.481 e. The molecule has 2 atom stereocenters. The molecule has 0 aromatic heterocycles. The van der Waals surface area contributed by atoms with Crippen molar-refractivity contribution in [2.45, 2.75) is 25.0 Å². The lowest BCUT2D eigenvalue weighted by atomic mass is 10.0. The highest BCUT2D eigenvalue weighted by atomic mass is 32.2. The van der Waals surface area contributed by atoms with Gasteiger partial charge in [-0.25, -0.2) is 0 Å². The summed E-state index contributed by atoms with van der Waals surface area (Å²) in [5.74, 6) is -1.12. The van der Waals surface area contributed by atoms with E-state index in [-0.39, 0.29) is 17.5 Å². The molecule has 11 heavy (non-hydrogen) atoms. The van der Waals surface area contributed by atoms with Gasteiger partial charge in [-0.15, -0.1) is 0 Å². The fourth-order valence-electron chi connectivity index (χ4n) is 1.22. The normalized spacial score (nSPS) is 30.8. The van der Waals surface area contributed by atoms with Crippen LogP contribution in [0.4, 0.5) is 0 Å². The Labute approximate surface area is 69.2 Å². The summed E-state index contributed by atoms with van der Waals surface area (Å²) < 4.78 is 0. The summed E-state index contributed by atoms with van der Waals surface area (Å²) in [5.41, 5.74) is 0. The van der Waals surface area contributed by atoms with Crippen molar-refractivity contribution in [2.75, 3.05) is 0 Å². The first kappa shape index (κ1) is 8.59. The lowest BCUT2D eigenvalue weighted by molar-refractivity contribution is -0.139. The molecule has 1 saturated heterocycles. The second-order valence-corrected chi connectivity index (χ2v) is 4.22. The number of rotatable bonds is 2. The summed E-state index contributed by atoms with van der Waals surface area (Å²) >= 11 is 1.27. The zero-order valence-electron chi connectivity index (χ0n) is 6.24. The molecule has 62 valence electrons. The molecule has 1 N–H and O–H groups in total. The molecule has 0 saturated carbocycles. The van der Waals surface area contributed by atoms with Gasteiger partial charge in [0.05, 0.1) is 6.42 Å². The average Bonchev–Trinajstić information content (AvgIpc) is 2.09. The second kappa shape index (κ2) is 3.26. The summed E-state index contributed by atoms with van der Waals surface area (Å²) in [7, 11) is 0. The monoisotopic (exact) mass is 174 g/mol. The third kappa shape index (κ3) is 2.22. The molecule has 0 aliphatic carbocycles. The number of carboxylic acid groups (broad SMARTS) is 1. The molecule has 1 fully saturated rings. The van der Waals surface area contributed by atoms with Crippen LogP contribution in [0.5, 0.6) is 0 Å². The minimum absolute atomic E-state index is 0.00380. The van der Waals surface area contributed by atoms with E-state index in [1.54, 1.807) is 0 Å². The van der Waals surface area contributed by atoms with Crippen molar-refractivity contribution in [3.63, 3.8) is 0 Å². The van der Waals surface area contributed by atoms with Gasteiger partial charge in [0.15, 0.2) is 5.12 Å². The first-order chi connectivity index (χ1) is 5.09. The molecule has 2 unspecified atom stereocenters. The minimum Gasteiger partial charge on any atom is -0.481 e. The van der Waals surface area contributed by atoms with Gasteiger partial charge in [-0.1, -0.05) is 18.7 Å². The van der Waals surface area contributed by atoms with Crippen LogP contribution in [0.1, 0.15) is 19.8 Å². The standard InChI is InChI=1S/C7H10O3S/c1-4-2-5(3-6(8)9)7(10)11-4/h4-5H,2-3H2,1H3,(H,8,9). The summed E-state index contributed by atoms with van der Waals surface area (Å²) in [6.07, 6.45) is 0.714. The predicted octanol–water partition coefficient (Wildman–Crippen LogP) is 1.13. The highest BCUT2D eigenvalue weighted by Crippen LogP contribution is 2.34. The van der Waals surface area contributed by atoms with Crippen LogP contribution in [0.15, 0.2) is 0 Å². The maximum absolute atomic E-state index is 11.0. The van der Waals surface area contributed by atoms with Crippen LogP contribution in [0.25, 0.3) is 0 Å². The molecular weight excluding hydrogens is 164 g/mol. The maximum atomic E-state index is 11.0.